The summed E-state index contributed by atoms with van der Waals surface area (Å²) in [5.74, 6) is -0.485. The second-order valence-electron chi connectivity index (χ2n) is 4.83. The molecule has 0 aliphatic carbocycles. The molecule has 18 heavy (non-hydrogen) atoms. The number of nitrogens with one attached hydrogen (secondary N) is 1. The van der Waals surface area contributed by atoms with Crippen LogP contribution in [0.1, 0.15) is 31.9 Å². The van der Waals surface area contributed by atoms with Crippen LogP contribution in [0.3, 0.4) is 0 Å². The van der Waals surface area contributed by atoms with Crippen LogP contribution < -0.4 is 5.32 Å². The van der Waals surface area contributed by atoms with Crippen molar-refractivity contribution in [1.82, 2.24) is 0 Å². The number of hydrogen-bond acceptors (Lipinski definition) is 3. The molecule has 0 unspecified atom stereocenters. The molecule has 0 spiro atoms. The number of nitrogens with zero attached hydrogens (tertiary/aromatic N) is 1. The first-order chi connectivity index (χ1) is 8.24. The van der Waals surface area contributed by atoms with E-state index in [1.54, 1.807) is 20.8 Å². The summed E-state index contributed by atoms with van der Waals surface area (Å²) in [6.45, 7) is 6.67. The number of anilines is 1. The van der Waals surface area contributed by atoms with Gasteiger partial charge in [0.1, 0.15) is 17.5 Å². The molecule has 0 fully saturated rings. The molecule has 0 bridgehead atoms. The van der Waals surface area contributed by atoms with Crippen LogP contribution in [0.5, 0.6) is 0 Å². The van der Waals surface area contributed by atoms with Crippen molar-refractivity contribution in [3.63, 3.8) is 0 Å². The predicted octanol–water partition coefficient (Wildman–Crippen LogP) is 3.35. The fourth-order valence-corrected chi connectivity index (χ4v) is 1.35. The van der Waals surface area contributed by atoms with E-state index >= 15 is 0 Å². The molecule has 0 aromatic heterocycles. The largest absolute Gasteiger partial charge is 0.444 e. The third kappa shape index (κ3) is 3.45. The van der Waals surface area contributed by atoms with Gasteiger partial charge < -0.3 is 4.74 Å². The summed E-state index contributed by atoms with van der Waals surface area (Å²) in [6.07, 6.45) is -0.676. The van der Waals surface area contributed by atoms with Crippen molar-refractivity contribution < 1.29 is 13.9 Å². The van der Waals surface area contributed by atoms with E-state index in [1.165, 1.54) is 19.1 Å². The first kappa shape index (κ1) is 14.0. The van der Waals surface area contributed by atoms with Crippen LogP contribution >= 0.6 is 0 Å². The SMILES string of the molecule is Cc1c(F)ccc(NC(=O)OC(C)(C)C)c1C#N. The van der Waals surface area contributed by atoms with Crippen LogP contribution in [0.2, 0.25) is 0 Å². The molecule has 1 aromatic carbocycles. The number of rotatable bonds is 1. The molecule has 0 saturated carbocycles. The van der Waals surface area contributed by atoms with E-state index in [0.29, 0.717) is 0 Å². The summed E-state index contributed by atoms with van der Waals surface area (Å²) in [7, 11) is 0. The Labute approximate surface area is 105 Å². The average molecular weight is 250 g/mol. The van der Waals surface area contributed by atoms with Crippen molar-refractivity contribution in [2.75, 3.05) is 5.32 Å². The van der Waals surface area contributed by atoms with Gasteiger partial charge in [0, 0.05) is 5.56 Å². The van der Waals surface area contributed by atoms with Gasteiger partial charge in [-0.1, -0.05) is 0 Å². The van der Waals surface area contributed by atoms with Crippen molar-refractivity contribution in [3.8, 4) is 6.07 Å². The molecule has 0 atom stereocenters. The van der Waals surface area contributed by atoms with Gasteiger partial charge in [-0.05, 0) is 39.8 Å². The van der Waals surface area contributed by atoms with Crippen LogP contribution in [0, 0.1) is 24.1 Å². The fraction of sp³-hybridized carbons (Fsp3) is 0.385. The minimum Gasteiger partial charge on any atom is -0.444 e. The Morgan fingerprint density at radius 1 is 1.44 bits per heavy atom. The van der Waals surface area contributed by atoms with Crippen LogP contribution in [-0.4, -0.2) is 11.7 Å². The first-order valence-corrected chi connectivity index (χ1v) is 5.44. The molecule has 4 nitrogen and oxygen atoms in total. The topological polar surface area (TPSA) is 62.1 Å². The molecule has 1 rings (SSSR count). The maximum Gasteiger partial charge on any atom is 0.412 e. The lowest BCUT2D eigenvalue weighted by Gasteiger charge is -2.20. The van der Waals surface area contributed by atoms with E-state index in [2.05, 4.69) is 5.32 Å². The van der Waals surface area contributed by atoms with Gasteiger partial charge in [-0.15, -0.1) is 0 Å². The standard InChI is InChI=1S/C13H15FN2O2/c1-8-9(7-15)11(6-5-10(8)14)16-12(17)18-13(2,3)4/h5-6H,1-4H3,(H,16,17). The zero-order valence-electron chi connectivity index (χ0n) is 10.8. The molecule has 0 aliphatic heterocycles. The molecule has 1 aromatic rings. The summed E-state index contributed by atoms with van der Waals surface area (Å²) in [5.41, 5.74) is -0.0936. The van der Waals surface area contributed by atoms with Crippen LogP contribution in [0.15, 0.2) is 12.1 Å². The highest BCUT2D eigenvalue weighted by Gasteiger charge is 2.18. The summed E-state index contributed by atoms with van der Waals surface area (Å²) in [4.78, 5) is 11.6. The smallest absolute Gasteiger partial charge is 0.412 e. The van der Waals surface area contributed by atoms with Crippen LogP contribution in [0.25, 0.3) is 0 Å². The molecule has 1 N–H and O–H groups in total. The number of benzene rings is 1. The Morgan fingerprint density at radius 3 is 2.56 bits per heavy atom. The first-order valence-electron chi connectivity index (χ1n) is 5.44. The molecular formula is C13H15FN2O2. The number of amides is 1. The van der Waals surface area contributed by atoms with Crippen molar-refractivity contribution in [1.29, 1.82) is 5.26 Å². The van der Waals surface area contributed by atoms with Gasteiger partial charge >= 0.3 is 6.09 Å². The average Bonchev–Trinajstić information content (AvgIpc) is 2.21. The van der Waals surface area contributed by atoms with Crippen molar-refractivity contribution in [2.24, 2.45) is 0 Å². The lowest BCUT2D eigenvalue weighted by Crippen LogP contribution is -2.27. The third-order valence-electron chi connectivity index (χ3n) is 2.15. The quantitative estimate of drug-likeness (QED) is 0.831. The number of hydrogen-bond donors (Lipinski definition) is 1. The molecule has 0 saturated heterocycles. The lowest BCUT2D eigenvalue weighted by atomic mass is 10.1. The van der Waals surface area contributed by atoms with Gasteiger partial charge in [0.2, 0.25) is 0 Å². The van der Waals surface area contributed by atoms with Crippen molar-refractivity contribution in [3.05, 3.63) is 29.1 Å². The van der Waals surface area contributed by atoms with Crippen LogP contribution in [0.4, 0.5) is 14.9 Å². The van der Waals surface area contributed by atoms with Crippen molar-refractivity contribution in [2.45, 2.75) is 33.3 Å². The maximum absolute atomic E-state index is 13.3. The van der Waals surface area contributed by atoms with Crippen molar-refractivity contribution >= 4 is 11.8 Å². The Kier molecular flexibility index (Phi) is 3.92. The molecule has 96 valence electrons. The molecular weight excluding hydrogens is 235 g/mol. The molecule has 0 radical (unpaired) electrons. The highest BCUT2D eigenvalue weighted by atomic mass is 19.1. The lowest BCUT2D eigenvalue weighted by molar-refractivity contribution is 0.0636. The summed E-state index contributed by atoms with van der Waals surface area (Å²) in [6, 6.07) is 4.40. The van der Waals surface area contributed by atoms with E-state index in [9.17, 15) is 9.18 Å². The number of carbonyl (C=O) groups excluding carboxylic acids is 1. The highest BCUT2D eigenvalue weighted by Crippen LogP contribution is 2.22. The maximum atomic E-state index is 13.3. The number of halogens is 1. The summed E-state index contributed by atoms with van der Waals surface area (Å²) < 4.78 is 18.3. The monoisotopic (exact) mass is 250 g/mol. The number of nitriles is 1. The van der Waals surface area contributed by atoms with Gasteiger partial charge in [-0.2, -0.15) is 5.26 Å². The molecule has 5 heteroatoms. The van der Waals surface area contributed by atoms with Gasteiger partial charge in [0.15, 0.2) is 0 Å². The van der Waals surface area contributed by atoms with E-state index < -0.39 is 17.5 Å². The zero-order valence-corrected chi connectivity index (χ0v) is 10.8. The van der Waals surface area contributed by atoms with E-state index in [-0.39, 0.29) is 16.8 Å². The second-order valence-corrected chi connectivity index (χ2v) is 4.83. The zero-order chi connectivity index (χ0) is 13.9. The Bertz CT molecular complexity index is 513. The second kappa shape index (κ2) is 5.05. The van der Waals surface area contributed by atoms with E-state index in [1.807, 2.05) is 6.07 Å². The van der Waals surface area contributed by atoms with E-state index in [4.69, 9.17) is 10.00 Å². The number of carbonyl (C=O) groups is 1. The number of ether oxygens (including phenoxy) is 1. The predicted molar refractivity (Wildman–Crippen MR) is 65.7 cm³/mol. The van der Waals surface area contributed by atoms with Gasteiger partial charge in [-0.25, -0.2) is 9.18 Å². The molecule has 0 heterocycles. The normalized spacial score (nSPS) is 10.7. The minimum absolute atomic E-state index is 0.0980. The highest BCUT2D eigenvalue weighted by molar-refractivity contribution is 5.87. The minimum atomic E-state index is -0.676. The van der Waals surface area contributed by atoms with Gasteiger partial charge in [0.05, 0.1) is 11.3 Å². The summed E-state index contributed by atoms with van der Waals surface area (Å²) in [5, 5.41) is 11.4. The Hall–Kier alpha value is -2.09. The Morgan fingerprint density at radius 2 is 2.06 bits per heavy atom. The van der Waals surface area contributed by atoms with Gasteiger partial charge in [-0.3, -0.25) is 5.32 Å². The fourth-order valence-electron chi connectivity index (χ4n) is 1.35. The third-order valence-corrected chi connectivity index (χ3v) is 2.15. The van der Waals surface area contributed by atoms with Crippen LogP contribution in [-0.2, 0) is 4.74 Å². The van der Waals surface area contributed by atoms with Gasteiger partial charge in [0.25, 0.3) is 0 Å². The molecule has 0 aliphatic rings. The van der Waals surface area contributed by atoms with E-state index in [0.717, 1.165) is 0 Å². The summed E-state index contributed by atoms with van der Waals surface area (Å²) >= 11 is 0. The molecule has 1 amide bonds. The Balaban J connectivity index is 2.96.